The summed E-state index contributed by atoms with van der Waals surface area (Å²) in [5, 5.41) is 0.856. The van der Waals surface area contributed by atoms with Crippen LogP contribution in [0.4, 0.5) is 0 Å². The maximum absolute atomic E-state index is 5.81. The van der Waals surface area contributed by atoms with Crippen LogP contribution in [0, 0.1) is 13.8 Å². The zero-order chi connectivity index (χ0) is 6.85. The lowest BCUT2D eigenvalue weighted by Gasteiger charge is -1.98. The molecule has 1 rings (SSSR count). The molecule has 0 saturated heterocycles. The SMILES string of the molecule is Cc1cccc(Cl)c1C. The molecule has 0 saturated carbocycles. The highest BCUT2D eigenvalue weighted by Gasteiger charge is 1.93. The minimum atomic E-state index is 0.856. The smallest absolute Gasteiger partial charge is 0.0437 e. The van der Waals surface area contributed by atoms with Crippen LogP contribution in [0.1, 0.15) is 11.1 Å². The minimum absolute atomic E-state index is 0.856. The number of benzene rings is 1. The van der Waals surface area contributed by atoms with Crippen molar-refractivity contribution in [3.8, 4) is 0 Å². The van der Waals surface area contributed by atoms with Crippen molar-refractivity contribution < 1.29 is 0 Å². The Morgan fingerprint density at radius 1 is 1.22 bits per heavy atom. The molecule has 0 aliphatic heterocycles. The van der Waals surface area contributed by atoms with Crippen molar-refractivity contribution in [1.29, 1.82) is 0 Å². The molecule has 0 unspecified atom stereocenters. The molecule has 0 amide bonds. The zero-order valence-corrected chi connectivity index (χ0v) is 6.37. The van der Waals surface area contributed by atoms with Gasteiger partial charge >= 0.3 is 0 Å². The van der Waals surface area contributed by atoms with Crippen molar-refractivity contribution in [2.45, 2.75) is 13.8 Å². The highest BCUT2D eigenvalue weighted by molar-refractivity contribution is 6.31. The number of hydrogen-bond donors (Lipinski definition) is 0. The molecule has 0 fully saturated rings. The van der Waals surface area contributed by atoms with Crippen molar-refractivity contribution in [3.05, 3.63) is 34.3 Å². The van der Waals surface area contributed by atoms with E-state index in [0.29, 0.717) is 0 Å². The third kappa shape index (κ3) is 1.25. The maximum Gasteiger partial charge on any atom is 0.0437 e. The van der Waals surface area contributed by atoms with Crippen LogP contribution < -0.4 is 0 Å². The molecule has 0 aliphatic rings. The van der Waals surface area contributed by atoms with E-state index >= 15 is 0 Å². The quantitative estimate of drug-likeness (QED) is 0.520. The Labute approximate surface area is 60.5 Å². The van der Waals surface area contributed by atoms with E-state index in [0.717, 1.165) is 5.02 Å². The highest BCUT2D eigenvalue weighted by atomic mass is 35.5. The third-order valence-electron chi connectivity index (χ3n) is 1.54. The third-order valence-corrected chi connectivity index (χ3v) is 1.95. The summed E-state index contributed by atoms with van der Waals surface area (Å²) in [5.41, 5.74) is 2.43. The number of aryl methyl sites for hydroxylation is 1. The Kier molecular flexibility index (Phi) is 1.77. The van der Waals surface area contributed by atoms with Crippen molar-refractivity contribution >= 4 is 11.6 Å². The summed E-state index contributed by atoms with van der Waals surface area (Å²) in [4.78, 5) is 0. The summed E-state index contributed by atoms with van der Waals surface area (Å²) in [6.45, 7) is 4.08. The molecule has 0 aromatic heterocycles. The lowest BCUT2D eigenvalue weighted by molar-refractivity contribution is 1.34. The van der Waals surface area contributed by atoms with Gasteiger partial charge in [0, 0.05) is 5.02 Å². The van der Waals surface area contributed by atoms with Crippen LogP contribution in [0.25, 0.3) is 0 Å². The van der Waals surface area contributed by atoms with Crippen LogP contribution in [-0.2, 0) is 0 Å². The van der Waals surface area contributed by atoms with Gasteiger partial charge in [0.25, 0.3) is 0 Å². The van der Waals surface area contributed by atoms with E-state index in [1.54, 1.807) is 0 Å². The van der Waals surface area contributed by atoms with E-state index in [2.05, 4.69) is 13.0 Å². The van der Waals surface area contributed by atoms with Crippen molar-refractivity contribution in [1.82, 2.24) is 0 Å². The highest BCUT2D eigenvalue weighted by Crippen LogP contribution is 2.16. The van der Waals surface area contributed by atoms with Crippen LogP contribution in [-0.4, -0.2) is 0 Å². The van der Waals surface area contributed by atoms with Gasteiger partial charge in [-0.05, 0) is 31.0 Å². The lowest BCUT2D eigenvalue weighted by Crippen LogP contribution is -1.78. The van der Waals surface area contributed by atoms with E-state index < -0.39 is 0 Å². The molecule has 1 heteroatoms. The predicted molar refractivity (Wildman–Crippen MR) is 40.9 cm³/mol. The van der Waals surface area contributed by atoms with Crippen molar-refractivity contribution in [2.75, 3.05) is 0 Å². The largest absolute Gasteiger partial charge is 0.0840 e. The average Bonchev–Trinajstić information content (AvgIpc) is 1.83. The van der Waals surface area contributed by atoms with E-state index in [1.807, 2.05) is 19.1 Å². The molecule has 0 nitrogen and oxygen atoms in total. The minimum Gasteiger partial charge on any atom is -0.0840 e. The van der Waals surface area contributed by atoms with Crippen LogP contribution in [0.15, 0.2) is 18.2 Å². The van der Waals surface area contributed by atoms with Gasteiger partial charge in [-0.15, -0.1) is 0 Å². The Bertz CT molecular complexity index is 196. The first-order valence-electron chi connectivity index (χ1n) is 2.93. The Morgan fingerprint density at radius 3 is 2.33 bits per heavy atom. The van der Waals surface area contributed by atoms with Gasteiger partial charge < -0.3 is 0 Å². The summed E-state index contributed by atoms with van der Waals surface area (Å²) >= 11 is 5.81. The first kappa shape index (κ1) is 6.63. The second kappa shape index (κ2) is 2.40. The Hall–Kier alpha value is -0.490. The molecule has 0 N–H and O–H groups in total. The predicted octanol–water partition coefficient (Wildman–Crippen LogP) is 2.96. The summed E-state index contributed by atoms with van der Waals surface area (Å²) in [7, 11) is 0. The summed E-state index contributed by atoms with van der Waals surface area (Å²) < 4.78 is 0. The molecule has 1 aromatic rings. The van der Waals surface area contributed by atoms with E-state index in [-0.39, 0.29) is 0 Å². The number of rotatable bonds is 0. The number of hydrogen-bond acceptors (Lipinski definition) is 0. The molecule has 0 bridgehead atoms. The van der Waals surface area contributed by atoms with Crippen LogP contribution in [0.2, 0.25) is 5.02 Å². The van der Waals surface area contributed by atoms with Gasteiger partial charge in [0.15, 0.2) is 0 Å². The molecular formula is C8H9Cl. The Balaban J connectivity index is 3.25. The number of halogens is 1. The van der Waals surface area contributed by atoms with Crippen LogP contribution >= 0.6 is 11.6 Å². The van der Waals surface area contributed by atoms with Gasteiger partial charge in [-0.1, -0.05) is 23.7 Å². The van der Waals surface area contributed by atoms with Gasteiger partial charge in [-0.25, -0.2) is 0 Å². The standard InChI is InChI=1S/C8H9Cl/c1-6-4-3-5-8(9)7(6)2/h3-5H,1-2H3. The molecule has 0 spiro atoms. The molecular weight excluding hydrogens is 132 g/mol. The molecule has 0 heterocycles. The fourth-order valence-electron chi connectivity index (χ4n) is 0.715. The average molecular weight is 141 g/mol. The van der Waals surface area contributed by atoms with Crippen LogP contribution in [0.5, 0.6) is 0 Å². The fraction of sp³-hybridized carbons (Fsp3) is 0.250. The second-order valence-corrected chi connectivity index (χ2v) is 2.59. The molecule has 0 aliphatic carbocycles. The first-order valence-corrected chi connectivity index (χ1v) is 3.31. The van der Waals surface area contributed by atoms with E-state index in [9.17, 15) is 0 Å². The monoisotopic (exact) mass is 140 g/mol. The van der Waals surface area contributed by atoms with E-state index in [4.69, 9.17) is 11.6 Å². The molecule has 0 atom stereocenters. The van der Waals surface area contributed by atoms with Crippen molar-refractivity contribution in [3.63, 3.8) is 0 Å². The van der Waals surface area contributed by atoms with Gasteiger partial charge in [0.2, 0.25) is 0 Å². The molecule has 0 radical (unpaired) electrons. The summed E-state index contributed by atoms with van der Waals surface area (Å²) in [6.07, 6.45) is 0. The van der Waals surface area contributed by atoms with Gasteiger partial charge in [0.1, 0.15) is 0 Å². The fourth-order valence-corrected chi connectivity index (χ4v) is 0.937. The van der Waals surface area contributed by atoms with Gasteiger partial charge in [0.05, 0.1) is 0 Å². The van der Waals surface area contributed by atoms with Crippen molar-refractivity contribution in [2.24, 2.45) is 0 Å². The first-order chi connectivity index (χ1) is 4.22. The molecule has 9 heavy (non-hydrogen) atoms. The van der Waals surface area contributed by atoms with Crippen LogP contribution in [0.3, 0.4) is 0 Å². The lowest BCUT2D eigenvalue weighted by atomic mass is 10.1. The summed E-state index contributed by atoms with van der Waals surface area (Å²) in [6, 6.07) is 5.93. The topological polar surface area (TPSA) is 0 Å². The second-order valence-electron chi connectivity index (χ2n) is 2.18. The molecule has 48 valence electrons. The maximum atomic E-state index is 5.81. The Morgan fingerprint density at radius 2 is 1.89 bits per heavy atom. The van der Waals surface area contributed by atoms with Gasteiger partial charge in [-0.3, -0.25) is 0 Å². The normalized spacial score (nSPS) is 9.67. The van der Waals surface area contributed by atoms with E-state index in [1.165, 1.54) is 11.1 Å². The zero-order valence-electron chi connectivity index (χ0n) is 5.61. The summed E-state index contributed by atoms with van der Waals surface area (Å²) in [5.74, 6) is 0. The van der Waals surface area contributed by atoms with Gasteiger partial charge in [-0.2, -0.15) is 0 Å². The molecule has 1 aromatic carbocycles.